The number of nitrogens with zero attached hydrogens (tertiary/aromatic N) is 2. The molecule has 1 aliphatic rings. The molecule has 0 radical (unpaired) electrons. The van der Waals surface area contributed by atoms with Crippen molar-refractivity contribution in [3.05, 3.63) is 44.9 Å². The normalized spacial score (nSPS) is 16.2. The fourth-order valence-corrected chi connectivity index (χ4v) is 5.94. The number of sulfonamides is 1. The molecule has 1 amide bonds. The molecule has 1 fully saturated rings. The van der Waals surface area contributed by atoms with Crippen LogP contribution >= 0.6 is 22.9 Å². The standard InChI is InChI=1S/C19H24ClN3O3S2/c1-13-17(20)4-3-5-18(13)28(25,26)23-10-7-15(8-11-23)19(24)21-9-6-16-12-27-14(2)22-16/h3-5,12,15H,6-11H2,1-2H3,(H,21,24). The number of rotatable bonds is 6. The quantitative estimate of drug-likeness (QED) is 0.746. The van der Waals surface area contributed by atoms with Gasteiger partial charge in [0.2, 0.25) is 15.9 Å². The Balaban J connectivity index is 1.53. The molecule has 152 valence electrons. The minimum Gasteiger partial charge on any atom is -0.355 e. The second-order valence-electron chi connectivity index (χ2n) is 6.94. The van der Waals surface area contributed by atoms with Crippen molar-refractivity contribution < 1.29 is 13.2 Å². The molecule has 1 aliphatic heterocycles. The van der Waals surface area contributed by atoms with Crippen molar-refractivity contribution in [2.45, 2.75) is 38.0 Å². The Labute approximate surface area is 175 Å². The van der Waals surface area contributed by atoms with Crippen molar-refractivity contribution in [3.63, 3.8) is 0 Å². The van der Waals surface area contributed by atoms with Gasteiger partial charge in [-0.15, -0.1) is 11.3 Å². The molecule has 0 bridgehead atoms. The average molecular weight is 442 g/mol. The van der Waals surface area contributed by atoms with Gasteiger partial charge in [-0.3, -0.25) is 4.79 Å². The molecular formula is C19H24ClN3O3S2. The van der Waals surface area contributed by atoms with Crippen molar-refractivity contribution in [1.82, 2.24) is 14.6 Å². The summed E-state index contributed by atoms with van der Waals surface area (Å²) >= 11 is 7.68. The highest BCUT2D eigenvalue weighted by Gasteiger charge is 2.33. The van der Waals surface area contributed by atoms with Crippen LogP contribution in [-0.4, -0.2) is 43.2 Å². The van der Waals surface area contributed by atoms with Crippen molar-refractivity contribution in [2.75, 3.05) is 19.6 Å². The molecule has 0 aliphatic carbocycles. The molecule has 3 rings (SSSR count). The summed E-state index contributed by atoms with van der Waals surface area (Å²) in [6, 6.07) is 4.90. The molecule has 1 N–H and O–H groups in total. The number of aromatic nitrogens is 1. The molecule has 2 aromatic rings. The van der Waals surface area contributed by atoms with Gasteiger partial charge in [0, 0.05) is 42.4 Å². The number of carbonyl (C=O) groups is 1. The van der Waals surface area contributed by atoms with E-state index in [9.17, 15) is 13.2 Å². The van der Waals surface area contributed by atoms with E-state index >= 15 is 0 Å². The number of amides is 1. The highest BCUT2D eigenvalue weighted by Crippen LogP contribution is 2.28. The molecule has 6 nitrogen and oxygen atoms in total. The predicted octanol–water partition coefficient (Wildman–Crippen LogP) is 3.17. The zero-order chi connectivity index (χ0) is 20.3. The van der Waals surface area contributed by atoms with Gasteiger partial charge < -0.3 is 5.32 Å². The first kappa shape index (κ1) is 21.2. The second kappa shape index (κ2) is 8.90. The third-order valence-electron chi connectivity index (χ3n) is 5.01. The molecule has 2 heterocycles. The maximum Gasteiger partial charge on any atom is 0.243 e. The minimum absolute atomic E-state index is 0.0112. The van der Waals surface area contributed by atoms with Gasteiger partial charge in [-0.25, -0.2) is 13.4 Å². The van der Waals surface area contributed by atoms with Crippen LogP contribution in [0.5, 0.6) is 0 Å². The van der Waals surface area contributed by atoms with Gasteiger partial charge in [0.05, 0.1) is 15.6 Å². The monoisotopic (exact) mass is 441 g/mol. The van der Waals surface area contributed by atoms with E-state index in [0.717, 1.165) is 10.7 Å². The second-order valence-corrected chi connectivity index (χ2v) is 10.3. The first-order valence-corrected chi connectivity index (χ1v) is 11.9. The van der Waals surface area contributed by atoms with E-state index in [1.807, 2.05) is 12.3 Å². The molecule has 1 saturated heterocycles. The van der Waals surface area contributed by atoms with E-state index in [0.29, 0.717) is 49.5 Å². The summed E-state index contributed by atoms with van der Waals surface area (Å²) in [5.41, 5.74) is 1.54. The summed E-state index contributed by atoms with van der Waals surface area (Å²) in [4.78, 5) is 17.0. The maximum atomic E-state index is 12.9. The van der Waals surface area contributed by atoms with Crippen LogP contribution < -0.4 is 5.32 Å². The van der Waals surface area contributed by atoms with Crippen LogP contribution in [0.3, 0.4) is 0 Å². The number of thiazole rings is 1. The van der Waals surface area contributed by atoms with Gasteiger partial charge in [-0.2, -0.15) is 4.31 Å². The van der Waals surface area contributed by atoms with E-state index in [-0.39, 0.29) is 16.7 Å². The number of benzene rings is 1. The smallest absolute Gasteiger partial charge is 0.243 e. The Kier molecular flexibility index (Phi) is 6.75. The topological polar surface area (TPSA) is 79.4 Å². The summed E-state index contributed by atoms with van der Waals surface area (Å²) < 4.78 is 27.3. The lowest BCUT2D eigenvalue weighted by Crippen LogP contribution is -2.43. The molecule has 28 heavy (non-hydrogen) atoms. The van der Waals surface area contributed by atoms with Gasteiger partial charge in [0.15, 0.2) is 0 Å². The van der Waals surface area contributed by atoms with Gasteiger partial charge in [-0.05, 0) is 44.4 Å². The Morgan fingerprint density at radius 2 is 2.04 bits per heavy atom. The molecule has 0 saturated carbocycles. The SMILES string of the molecule is Cc1nc(CCNC(=O)C2CCN(S(=O)(=O)c3cccc(Cl)c3C)CC2)cs1. The fraction of sp³-hybridized carbons (Fsp3) is 0.474. The van der Waals surface area contributed by atoms with Crippen molar-refractivity contribution in [3.8, 4) is 0 Å². The largest absolute Gasteiger partial charge is 0.355 e. The highest BCUT2D eigenvalue weighted by molar-refractivity contribution is 7.89. The summed E-state index contributed by atoms with van der Waals surface area (Å²) in [7, 11) is -3.60. The summed E-state index contributed by atoms with van der Waals surface area (Å²) in [5.74, 6) is -0.174. The average Bonchev–Trinajstić information content (AvgIpc) is 3.09. The lowest BCUT2D eigenvalue weighted by atomic mass is 9.97. The molecule has 0 spiro atoms. The summed E-state index contributed by atoms with van der Waals surface area (Å²) in [6.45, 7) is 4.87. The number of aryl methyl sites for hydroxylation is 1. The van der Waals surface area contributed by atoms with E-state index in [4.69, 9.17) is 11.6 Å². The van der Waals surface area contributed by atoms with Crippen molar-refractivity contribution >= 4 is 38.9 Å². The Bertz CT molecular complexity index is 951. The van der Waals surface area contributed by atoms with Gasteiger partial charge in [0.1, 0.15) is 0 Å². The molecule has 0 unspecified atom stereocenters. The molecule has 0 atom stereocenters. The molecule has 1 aromatic heterocycles. The number of nitrogens with one attached hydrogen (secondary N) is 1. The Hall–Kier alpha value is -1.48. The minimum atomic E-state index is -3.60. The fourth-order valence-electron chi connectivity index (χ4n) is 3.35. The molecular weight excluding hydrogens is 418 g/mol. The van der Waals surface area contributed by atoms with Crippen LogP contribution in [0.1, 0.15) is 29.1 Å². The zero-order valence-corrected chi connectivity index (χ0v) is 18.3. The number of hydrogen-bond acceptors (Lipinski definition) is 5. The van der Waals surface area contributed by atoms with Crippen LogP contribution in [-0.2, 0) is 21.2 Å². The van der Waals surface area contributed by atoms with E-state index in [1.165, 1.54) is 4.31 Å². The summed E-state index contributed by atoms with van der Waals surface area (Å²) in [6.07, 6.45) is 1.73. The molecule has 9 heteroatoms. The van der Waals surface area contributed by atoms with E-state index in [2.05, 4.69) is 10.3 Å². The van der Waals surface area contributed by atoms with Crippen molar-refractivity contribution in [2.24, 2.45) is 5.92 Å². The first-order chi connectivity index (χ1) is 13.3. The first-order valence-electron chi connectivity index (χ1n) is 9.23. The molecule has 1 aromatic carbocycles. The van der Waals surface area contributed by atoms with Gasteiger partial charge in [0.25, 0.3) is 0 Å². The summed E-state index contributed by atoms with van der Waals surface area (Å²) in [5, 5.41) is 6.41. The van der Waals surface area contributed by atoms with Crippen LogP contribution in [0.15, 0.2) is 28.5 Å². The Morgan fingerprint density at radius 1 is 1.32 bits per heavy atom. The van der Waals surface area contributed by atoms with E-state index in [1.54, 1.807) is 36.5 Å². The highest BCUT2D eigenvalue weighted by atomic mass is 35.5. The number of piperidine rings is 1. The van der Waals surface area contributed by atoms with Gasteiger partial charge in [-0.1, -0.05) is 17.7 Å². The number of carbonyl (C=O) groups excluding carboxylic acids is 1. The van der Waals surface area contributed by atoms with Crippen LogP contribution in [0, 0.1) is 19.8 Å². The lowest BCUT2D eigenvalue weighted by Gasteiger charge is -2.31. The third-order valence-corrected chi connectivity index (χ3v) is 8.28. The van der Waals surface area contributed by atoms with Gasteiger partial charge >= 0.3 is 0 Å². The van der Waals surface area contributed by atoms with E-state index < -0.39 is 10.0 Å². The number of halogens is 1. The third kappa shape index (κ3) is 4.74. The van der Waals surface area contributed by atoms with Crippen LogP contribution in [0.4, 0.5) is 0 Å². The predicted molar refractivity (Wildman–Crippen MR) is 111 cm³/mol. The van der Waals surface area contributed by atoms with Crippen molar-refractivity contribution in [1.29, 1.82) is 0 Å². The van der Waals surface area contributed by atoms with Crippen LogP contribution in [0.25, 0.3) is 0 Å². The number of hydrogen-bond donors (Lipinski definition) is 1. The zero-order valence-electron chi connectivity index (χ0n) is 15.9. The Morgan fingerprint density at radius 3 is 2.68 bits per heavy atom. The van der Waals surface area contributed by atoms with Crippen LogP contribution in [0.2, 0.25) is 5.02 Å². The lowest BCUT2D eigenvalue weighted by molar-refractivity contribution is -0.126. The maximum absolute atomic E-state index is 12.9.